The van der Waals surface area contributed by atoms with Crippen molar-refractivity contribution in [3.8, 4) is 0 Å². The molecule has 0 aromatic carbocycles. The van der Waals surface area contributed by atoms with Crippen LogP contribution in [0.15, 0.2) is 21.4 Å². The van der Waals surface area contributed by atoms with Crippen LogP contribution in [0, 0.1) is 0 Å². The van der Waals surface area contributed by atoms with E-state index in [1.807, 2.05) is 6.92 Å². The van der Waals surface area contributed by atoms with Gasteiger partial charge in [-0.2, -0.15) is 0 Å². The van der Waals surface area contributed by atoms with E-state index < -0.39 is 11.5 Å². The lowest BCUT2D eigenvalue weighted by Gasteiger charge is -2.27. The molecule has 1 atom stereocenters. The summed E-state index contributed by atoms with van der Waals surface area (Å²) in [6, 6.07) is 1.53. The molecule has 2 N–H and O–H groups in total. The molecule has 1 aromatic rings. The molecule has 0 aliphatic rings. The van der Waals surface area contributed by atoms with E-state index in [-0.39, 0.29) is 12.3 Å². The van der Waals surface area contributed by atoms with E-state index in [0.29, 0.717) is 16.7 Å². The number of rotatable bonds is 5. The molecule has 6 heteroatoms. The topological polar surface area (TPSA) is 79.5 Å². The van der Waals surface area contributed by atoms with Crippen molar-refractivity contribution >= 4 is 27.8 Å². The van der Waals surface area contributed by atoms with Gasteiger partial charge in [-0.15, -0.1) is 0 Å². The average Bonchev–Trinajstić information content (AvgIpc) is 2.63. The zero-order valence-corrected chi connectivity index (χ0v) is 11.2. The lowest BCUT2D eigenvalue weighted by molar-refractivity contribution is -0.138. The molecular formula is C11H14BrNO4. The fourth-order valence-corrected chi connectivity index (χ4v) is 1.71. The quantitative estimate of drug-likeness (QED) is 0.875. The van der Waals surface area contributed by atoms with Gasteiger partial charge in [0.05, 0.1) is 12.0 Å². The van der Waals surface area contributed by atoms with Crippen LogP contribution in [0.25, 0.3) is 0 Å². The third-order valence-corrected chi connectivity index (χ3v) is 2.98. The minimum Gasteiger partial charge on any atom is -0.481 e. The van der Waals surface area contributed by atoms with Crippen LogP contribution in [0.5, 0.6) is 0 Å². The third kappa shape index (κ3) is 3.89. The fourth-order valence-electron chi connectivity index (χ4n) is 1.37. The first-order valence-electron chi connectivity index (χ1n) is 5.14. The predicted octanol–water partition coefficient (Wildman–Crippen LogP) is 2.42. The zero-order chi connectivity index (χ0) is 13.1. The molecule has 1 aromatic heterocycles. The van der Waals surface area contributed by atoms with Gasteiger partial charge in [0.2, 0.25) is 0 Å². The van der Waals surface area contributed by atoms with Gasteiger partial charge in [0.1, 0.15) is 6.26 Å². The van der Waals surface area contributed by atoms with Gasteiger partial charge >= 0.3 is 5.97 Å². The molecule has 1 amide bonds. The van der Waals surface area contributed by atoms with Gasteiger partial charge in [0.25, 0.3) is 5.91 Å². The van der Waals surface area contributed by atoms with Gasteiger partial charge in [-0.05, 0) is 29.3 Å². The van der Waals surface area contributed by atoms with Crippen molar-refractivity contribution in [3.05, 3.63) is 22.6 Å². The molecule has 0 unspecified atom stereocenters. The predicted molar refractivity (Wildman–Crippen MR) is 64.8 cm³/mol. The second kappa shape index (κ2) is 5.35. The first-order valence-corrected chi connectivity index (χ1v) is 5.94. The summed E-state index contributed by atoms with van der Waals surface area (Å²) in [5.41, 5.74) is -0.394. The Bertz CT molecular complexity index is 429. The van der Waals surface area contributed by atoms with Crippen molar-refractivity contribution in [2.24, 2.45) is 0 Å². The highest BCUT2D eigenvalue weighted by Crippen LogP contribution is 2.18. The molecule has 0 fully saturated rings. The van der Waals surface area contributed by atoms with Crippen molar-refractivity contribution in [1.82, 2.24) is 5.32 Å². The van der Waals surface area contributed by atoms with Crippen LogP contribution >= 0.6 is 15.9 Å². The van der Waals surface area contributed by atoms with Gasteiger partial charge in [-0.1, -0.05) is 6.92 Å². The van der Waals surface area contributed by atoms with Gasteiger partial charge in [-0.3, -0.25) is 9.59 Å². The van der Waals surface area contributed by atoms with Gasteiger partial charge in [0.15, 0.2) is 4.67 Å². The molecule has 0 aliphatic heterocycles. The van der Waals surface area contributed by atoms with Crippen molar-refractivity contribution in [1.29, 1.82) is 0 Å². The summed E-state index contributed by atoms with van der Waals surface area (Å²) >= 11 is 3.10. The number of aliphatic carboxylic acids is 1. The van der Waals surface area contributed by atoms with Crippen molar-refractivity contribution < 1.29 is 19.1 Å². The Morgan fingerprint density at radius 2 is 2.24 bits per heavy atom. The second-order valence-corrected chi connectivity index (χ2v) is 4.86. The normalized spacial score (nSPS) is 14.1. The van der Waals surface area contributed by atoms with Gasteiger partial charge in [0, 0.05) is 11.6 Å². The fraction of sp³-hybridized carbons (Fsp3) is 0.455. The van der Waals surface area contributed by atoms with Crippen LogP contribution in [0.1, 0.15) is 37.0 Å². The third-order valence-electron chi connectivity index (χ3n) is 2.57. The number of amides is 1. The number of carbonyl (C=O) groups is 2. The molecular weight excluding hydrogens is 290 g/mol. The summed E-state index contributed by atoms with van der Waals surface area (Å²) in [6.07, 6.45) is 1.73. The van der Waals surface area contributed by atoms with Crippen LogP contribution in [0.4, 0.5) is 0 Å². The summed E-state index contributed by atoms with van der Waals surface area (Å²) in [5.74, 6) is -1.28. The number of carboxylic acid groups (broad SMARTS) is 1. The first-order chi connectivity index (χ1) is 7.86. The van der Waals surface area contributed by atoms with E-state index in [2.05, 4.69) is 21.2 Å². The Balaban J connectivity index is 2.74. The van der Waals surface area contributed by atoms with E-state index in [1.54, 1.807) is 6.92 Å². The largest absolute Gasteiger partial charge is 0.481 e. The highest BCUT2D eigenvalue weighted by molar-refractivity contribution is 9.10. The number of halogens is 1. The highest BCUT2D eigenvalue weighted by atomic mass is 79.9. The molecule has 1 rings (SSSR count). The lowest BCUT2D eigenvalue weighted by atomic mass is 9.94. The standard InChI is InChI=1S/C11H14BrNO4/c1-3-11(2,5-9(14)15)13-10(16)7-4-8(12)17-6-7/h4,6H,3,5H2,1-2H3,(H,13,16)(H,14,15)/t11-/m0/s1. The monoisotopic (exact) mass is 303 g/mol. The van der Waals surface area contributed by atoms with E-state index in [4.69, 9.17) is 9.52 Å². The summed E-state index contributed by atoms with van der Waals surface area (Å²) in [4.78, 5) is 22.5. The lowest BCUT2D eigenvalue weighted by Crippen LogP contribution is -2.46. The Hall–Kier alpha value is -1.30. The molecule has 0 radical (unpaired) electrons. The zero-order valence-electron chi connectivity index (χ0n) is 9.62. The highest BCUT2D eigenvalue weighted by Gasteiger charge is 2.28. The number of hydrogen-bond acceptors (Lipinski definition) is 3. The number of nitrogens with one attached hydrogen (secondary N) is 1. The maximum absolute atomic E-state index is 11.8. The smallest absolute Gasteiger partial charge is 0.305 e. The Kier molecular flexibility index (Phi) is 4.34. The summed E-state index contributed by atoms with van der Waals surface area (Å²) in [5, 5.41) is 11.5. The molecule has 0 aliphatic carbocycles. The van der Waals surface area contributed by atoms with Gasteiger partial charge < -0.3 is 14.8 Å². The second-order valence-electron chi connectivity index (χ2n) is 4.08. The molecule has 0 saturated carbocycles. The summed E-state index contributed by atoms with van der Waals surface area (Å²) < 4.78 is 5.41. The Morgan fingerprint density at radius 3 is 2.65 bits per heavy atom. The summed E-state index contributed by atoms with van der Waals surface area (Å²) in [7, 11) is 0. The minimum atomic E-state index is -0.942. The summed E-state index contributed by atoms with van der Waals surface area (Å²) in [6.45, 7) is 3.53. The molecule has 0 saturated heterocycles. The van der Waals surface area contributed by atoms with Crippen LogP contribution in [-0.4, -0.2) is 22.5 Å². The molecule has 0 spiro atoms. The number of carboxylic acids is 1. The number of carbonyl (C=O) groups excluding carboxylic acids is 1. The number of hydrogen-bond donors (Lipinski definition) is 2. The van der Waals surface area contributed by atoms with E-state index >= 15 is 0 Å². The molecule has 0 bridgehead atoms. The maximum atomic E-state index is 11.8. The minimum absolute atomic E-state index is 0.117. The van der Waals surface area contributed by atoms with Crippen LogP contribution in [-0.2, 0) is 4.79 Å². The Labute approximate surface area is 107 Å². The van der Waals surface area contributed by atoms with E-state index in [0.717, 1.165) is 0 Å². The average molecular weight is 304 g/mol. The number of furan rings is 1. The van der Waals surface area contributed by atoms with Crippen molar-refractivity contribution in [2.45, 2.75) is 32.2 Å². The molecule has 5 nitrogen and oxygen atoms in total. The van der Waals surface area contributed by atoms with E-state index in [9.17, 15) is 9.59 Å². The Morgan fingerprint density at radius 1 is 1.59 bits per heavy atom. The van der Waals surface area contributed by atoms with Crippen molar-refractivity contribution in [3.63, 3.8) is 0 Å². The van der Waals surface area contributed by atoms with E-state index in [1.165, 1.54) is 12.3 Å². The van der Waals surface area contributed by atoms with Crippen LogP contribution in [0.2, 0.25) is 0 Å². The van der Waals surface area contributed by atoms with Crippen LogP contribution < -0.4 is 5.32 Å². The van der Waals surface area contributed by atoms with Crippen molar-refractivity contribution in [2.75, 3.05) is 0 Å². The van der Waals surface area contributed by atoms with Gasteiger partial charge in [-0.25, -0.2) is 0 Å². The molecule has 94 valence electrons. The SMILES string of the molecule is CC[C@@](C)(CC(=O)O)NC(=O)c1coc(Br)c1. The maximum Gasteiger partial charge on any atom is 0.305 e. The molecule has 17 heavy (non-hydrogen) atoms. The first kappa shape index (κ1) is 13.8. The van der Waals surface area contributed by atoms with Crippen LogP contribution in [0.3, 0.4) is 0 Å². The molecule has 1 heterocycles.